The number of aliphatic hydroxyl groups is 1. The van der Waals surface area contributed by atoms with E-state index in [9.17, 15) is 13.5 Å². The maximum atomic E-state index is 12.2. The minimum atomic E-state index is -3.70. The summed E-state index contributed by atoms with van der Waals surface area (Å²) >= 11 is 0. The Morgan fingerprint density at radius 1 is 1.23 bits per heavy atom. The van der Waals surface area contributed by atoms with Crippen molar-refractivity contribution in [3.05, 3.63) is 48.2 Å². The lowest BCUT2D eigenvalue weighted by Crippen LogP contribution is -2.54. The second kappa shape index (κ2) is 8.68. The highest BCUT2D eigenvalue weighted by Gasteiger charge is 2.46. The number of benzene rings is 1. The summed E-state index contributed by atoms with van der Waals surface area (Å²) in [6.07, 6.45) is 0.880. The number of hydroxylamine groups is 1. The summed E-state index contributed by atoms with van der Waals surface area (Å²) in [5.74, 6) is 0.543. The van der Waals surface area contributed by atoms with Crippen LogP contribution in [0, 0.1) is 0 Å². The van der Waals surface area contributed by atoms with Gasteiger partial charge in [-0.2, -0.15) is 5.48 Å². The Labute approximate surface area is 175 Å². The second-order valence-electron chi connectivity index (χ2n) is 7.46. The number of pyridine rings is 1. The van der Waals surface area contributed by atoms with Crippen LogP contribution in [0.15, 0.2) is 47.8 Å². The number of sulfone groups is 1. The minimum absolute atomic E-state index is 0.0385. The van der Waals surface area contributed by atoms with Gasteiger partial charge in [0.1, 0.15) is 17.1 Å². The van der Waals surface area contributed by atoms with E-state index >= 15 is 0 Å². The summed E-state index contributed by atoms with van der Waals surface area (Å²) in [4.78, 5) is 9.63. The number of rotatable bonds is 8. The molecule has 1 aromatic heterocycles. The van der Waals surface area contributed by atoms with Gasteiger partial charge in [0.15, 0.2) is 9.84 Å². The lowest BCUT2D eigenvalue weighted by atomic mass is 9.95. The van der Waals surface area contributed by atoms with Gasteiger partial charge in [-0.1, -0.05) is 29.4 Å². The summed E-state index contributed by atoms with van der Waals surface area (Å²) in [6.45, 7) is 1.36. The fourth-order valence-corrected chi connectivity index (χ4v) is 4.24. The maximum absolute atomic E-state index is 12.2. The van der Waals surface area contributed by atoms with Gasteiger partial charge >= 0.3 is 0 Å². The van der Waals surface area contributed by atoms with Crippen LogP contribution in [0.3, 0.4) is 0 Å². The van der Waals surface area contributed by atoms with Crippen molar-refractivity contribution in [3.8, 4) is 17.0 Å². The third kappa shape index (κ3) is 4.46. The molecule has 2 aromatic rings. The largest absolute Gasteiger partial charge is 0.481 e. The highest BCUT2D eigenvalue weighted by molar-refractivity contribution is 7.92. The molecule has 1 unspecified atom stereocenters. The zero-order valence-corrected chi connectivity index (χ0v) is 17.8. The molecule has 30 heavy (non-hydrogen) atoms. The van der Waals surface area contributed by atoms with Crippen LogP contribution < -0.4 is 10.2 Å². The van der Waals surface area contributed by atoms with Gasteiger partial charge in [-0.3, -0.25) is 0 Å². The van der Waals surface area contributed by atoms with Crippen molar-refractivity contribution in [2.24, 2.45) is 5.16 Å². The monoisotopic (exact) mass is 435 g/mol. The Hall–Kier alpha value is -2.53. The van der Waals surface area contributed by atoms with Gasteiger partial charge in [-0.05, 0) is 24.1 Å². The molecule has 0 saturated heterocycles. The second-order valence-corrected chi connectivity index (χ2v) is 9.93. The molecule has 0 bridgehead atoms. The van der Waals surface area contributed by atoms with Gasteiger partial charge < -0.3 is 19.9 Å². The molecule has 0 amide bonds. The van der Waals surface area contributed by atoms with Gasteiger partial charge in [0.05, 0.1) is 12.8 Å². The van der Waals surface area contributed by atoms with E-state index in [1.54, 1.807) is 24.9 Å². The third-order valence-electron chi connectivity index (χ3n) is 5.41. The third-order valence-corrected chi connectivity index (χ3v) is 7.49. The minimum Gasteiger partial charge on any atom is -0.481 e. The molecule has 1 aliphatic heterocycles. The van der Waals surface area contributed by atoms with E-state index in [1.165, 1.54) is 6.92 Å². The van der Waals surface area contributed by atoms with Crippen molar-refractivity contribution < 1.29 is 28.3 Å². The van der Waals surface area contributed by atoms with Crippen LogP contribution in [-0.4, -0.2) is 59.9 Å². The van der Waals surface area contributed by atoms with E-state index < -0.39 is 26.9 Å². The van der Waals surface area contributed by atoms with Crippen LogP contribution in [0.4, 0.5) is 0 Å². The average molecular weight is 436 g/mol. The van der Waals surface area contributed by atoms with Gasteiger partial charge in [0, 0.05) is 36.9 Å². The summed E-state index contributed by atoms with van der Waals surface area (Å²) in [6, 6.07) is 11.4. The molecule has 1 aromatic carbocycles. The van der Waals surface area contributed by atoms with E-state index in [1.807, 2.05) is 30.3 Å². The fourth-order valence-electron chi connectivity index (χ4n) is 3.29. The molecule has 0 spiro atoms. The molecule has 162 valence electrons. The molecule has 0 fully saturated rings. The van der Waals surface area contributed by atoms with Crippen molar-refractivity contribution in [3.63, 3.8) is 0 Å². The molecule has 3 rings (SSSR count). The molecule has 3 N–H and O–H groups in total. The molecule has 0 saturated carbocycles. The van der Waals surface area contributed by atoms with Gasteiger partial charge in [0.2, 0.25) is 5.88 Å². The average Bonchev–Trinajstić information content (AvgIpc) is 3.20. The predicted molar refractivity (Wildman–Crippen MR) is 111 cm³/mol. The first-order valence-electron chi connectivity index (χ1n) is 9.29. The first-order valence-corrected chi connectivity index (χ1v) is 11.2. The molecule has 1 aliphatic rings. The zero-order valence-electron chi connectivity index (χ0n) is 16.9. The predicted octanol–water partition coefficient (Wildman–Crippen LogP) is 1.74. The van der Waals surface area contributed by atoms with Crippen LogP contribution in [0.25, 0.3) is 11.1 Å². The normalized spacial score (nSPS) is 19.5. The van der Waals surface area contributed by atoms with Crippen molar-refractivity contribution in [2.75, 3.05) is 13.4 Å². The molecule has 10 heteroatoms. The molecule has 2 heterocycles. The van der Waals surface area contributed by atoms with Crippen LogP contribution in [0.2, 0.25) is 0 Å². The number of methoxy groups -OCH3 is 1. The fraction of sp³-hybridized carbons (Fsp3) is 0.400. The Bertz CT molecular complexity index is 1010. The van der Waals surface area contributed by atoms with E-state index in [2.05, 4.69) is 10.1 Å². The van der Waals surface area contributed by atoms with E-state index in [-0.39, 0.29) is 6.42 Å². The Morgan fingerprint density at radius 2 is 1.87 bits per heavy atom. The van der Waals surface area contributed by atoms with Crippen LogP contribution in [0.1, 0.15) is 25.3 Å². The Morgan fingerprint density at radius 3 is 2.40 bits per heavy atom. The molecule has 0 radical (unpaired) electrons. The standard InChI is InChI=1S/C20H25N3O6S/c1-20(19(24)22-25,30(3,26)27)11-16-10-17(23-29-16)14-6-4-13(5-7-14)15-8-9-18(28-2)21-12-15/h4-9,12,16,19,22,24-25H,10-11H2,1-3H3/t16-,19?,20-/m1/s1. The lowest BCUT2D eigenvalue weighted by molar-refractivity contribution is -0.0355. The van der Waals surface area contributed by atoms with Crippen LogP contribution >= 0.6 is 0 Å². The Kier molecular flexibility index (Phi) is 6.41. The number of ether oxygens (including phenoxy) is 1. The Balaban J connectivity index is 1.70. The number of aliphatic hydroxyl groups excluding tert-OH is 1. The van der Waals surface area contributed by atoms with E-state index in [0.29, 0.717) is 18.0 Å². The maximum Gasteiger partial charge on any atom is 0.212 e. The summed E-state index contributed by atoms with van der Waals surface area (Å²) in [5.41, 5.74) is 5.08. The summed E-state index contributed by atoms with van der Waals surface area (Å²) in [7, 11) is -2.14. The number of hydrogen-bond acceptors (Lipinski definition) is 9. The van der Waals surface area contributed by atoms with Gasteiger partial charge in [0.25, 0.3) is 0 Å². The van der Waals surface area contributed by atoms with E-state index in [4.69, 9.17) is 14.8 Å². The first kappa shape index (κ1) is 22.2. The lowest BCUT2D eigenvalue weighted by Gasteiger charge is -2.32. The van der Waals surface area contributed by atoms with Crippen LogP contribution in [0.5, 0.6) is 5.88 Å². The van der Waals surface area contributed by atoms with Crippen molar-refractivity contribution in [2.45, 2.75) is 36.8 Å². The summed E-state index contributed by atoms with van der Waals surface area (Å²) < 4.78 is 27.8. The molecular weight excluding hydrogens is 410 g/mol. The number of nitrogens with one attached hydrogen (secondary N) is 1. The van der Waals surface area contributed by atoms with Gasteiger partial charge in [-0.15, -0.1) is 0 Å². The molecule has 3 atom stereocenters. The first-order chi connectivity index (χ1) is 14.2. The van der Waals surface area contributed by atoms with Gasteiger partial charge in [-0.25, -0.2) is 13.4 Å². The topological polar surface area (TPSA) is 130 Å². The molecule has 9 nitrogen and oxygen atoms in total. The number of aromatic nitrogens is 1. The number of hydrogen-bond donors (Lipinski definition) is 3. The van der Waals surface area contributed by atoms with Crippen LogP contribution in [-0.2, 0) is 14.7 Å². The van der Waals surface area contributed by atoms with Crippen molar-refractivity contribution >= 4 is 15.5 Å². The van der Waals surface area contributed by atoms with E-state index in [0.717, 1.165) is 22.9 Å². The molecule has 0 aliphatic carbocycles. The number of oxime groups is 1. The highest BCUT2D eigenvalue weighted by Crippen LogP contribution is 2.31. The summed E-state index contributed by atoms with van der Waals surface area (Å²) in [5, 5.41) is 23.1. The highest BCUT2D eigenvalue weighted by atomic mass is 32.2. The molecular formula is C20H25N3O6S. The quantitative estimate of drug-likeness (QED) is 0.422. The smallest absolute Gasteiger partial charge is 0.212 e. The zero-order chi connectivity index (χ0) is 21.9. The number of nitrogens with zero attached hydrogens (tertiary/aromatic N) is 2. The van der Waals surface area contributed by atoms with Crippen molar-refractivity contribution in [1.82, 2.24) is 10.5 Å². The van der Waals surface area contributed by atoms with Crippen molar-refractivity contribution in [1.29, 1.82) is 0 Å². The SMILES string of the molecule is COc1ccc(-c2ccc(C3=NO[C@@H](C[C@](C)(C(O)NO)S(C)(=O)=O)C3)cc2)cn1.